The quantitative estimate of drug-likeness (QED) is 0.794. The van der Waals surface area contributed by atoms with Crippen molar-refractivity contribution in [2.45, 2.75) is 18.0 Å². The van der Waals surface area contributed by atoms with Crippen molar-refractivity contribution in [3.8, 4) is 0 Å². The zero-order valence-electron chi connectivity index (χ0n) is 9.89. The van der Waals surface area contributed by atoms with Crippen LogP contribution in [0.2, 0.25) is 0 Å². The maximum Gasteiger partial charge on any atom is 0.241 e. The van der Waals surface area contributed by atoms with Gasteiger partial charge in [-0.1, -0.05) is 0 Å². The summed E-state index contributed by atoms with van der Waals surface area (Å²) < 4.78 is 22.3. The summed E-state index contributed by atoms with van der Waals surface area (Å²) in [7, 11) is -1.63. The maximum absolute atomic E-state index is 11.5. The lowest BCUT2D eigenvalue weighted by Crippen LogP contribution is -2.35. The van der Waals surface area contributed by atoms with Crippen LogP contribution in [0.3, 0.4) is 0 Å². The molecule has 1 aromatic heterocycles. The minimum atomic E-state index is -3.31. The molecule has 17 heavy (non-hydrogen) atoms. The Balaban J connectivity index is 2.79. The number of carbonyl (C=O) groups excluding carboxylic acids is 1. The van der Waals surface area contributed by atoms with E-state index in [1.54, 1.807) is 14.0 Å². The zero-order valence-corrected chi connectivity index (χ0v) is 10.7. The van der Waals surface area contributed by atoms with E-state index in [0.717, 1.165) is 6.26 Å². The summed E-state index contributed by atoms with van der Waals surface area (Å²) in [4.78, 5) is 15.3. The van der Waals surface area contributed by atoms with E-state index in [9.17, 15) is 13.2 Å². The molecule has 1 heterocycles. The molecule has 94 valence electrons. The van der Waals surface area contributed by atoms with Gasteiger partial charge in [0.2, 0.25) is 5.91 Å². The largest absolute Gasteiger partial charge is 0.323 e. The van der Waals surface area contributed by atoms with Crippen molar-refractivity contribution >= 4 is 21.4 Å². The van der Waals surface area contributed by atoms with Gasteiger partial charge in [0, 0.05) is 6.26 Å². The van der Waals surface area contributed by atoms with E-state index in [1.807, 2.05) is 0 Å². The van der Waals surface area contributed by atoms with Crippen molar-refractivity contribution in [1.29, 1.82) is 0 Å². The van der Waals surface area contributed by atoms with Gasteiger partial charge in [0.25, 0.3) is 0 Å². The molecule has 0 saturated carbocycles. The van der Waals surface area contributed by atoms with Crippen molar-refractivity contribution in [3.63, 3.8) is 0 Å². The Morgan fingerprint density at radius 3 is 2.47 bits per heavy atom. The third-order valence-corrected chi connectivity index (χ3v) is 3.21. The second-order valence-electron chi connectivity index (χ2n) is 3.66. The summed E-state index contributed by atoms with van der Waals surface area (Å²) in [5.41, 5.74) is 0.463. The van der Waals surface area contributed by atoms with Gasteiger partial charge < -0.3 is 10.6 Å². The van der Waals surface area contributed by atoms with Crippen LogP contribution in [0.5, 0.6) is 0 Å². The summed E-state index contributed by atoms with van der Waals surface area (Å²) in [6.07, 6.45) is 2.40. The summed E-state index contributed by atoms with van der Waals surface area (Å²) in [5.74, 6) is -0.207. The standard InChI is InChI=1S/C10H15N3O3S/c1-7(11-2)10(14)13-8-4-5-9(12-6-8)17(3,15)16/h4-7,11H,1-3H3,(H,13,14). The number of amides is 1. The molecule has 1 atom stereocenters. The number of sulfone groups is 1. The average molecular weight is 257 g/mol. The fourth-order valence-electron chi connectivity index (χ4n) is 1.06. The number of carbonyl (C=O) groups is 1. The number of aromatic nitrogens is 1. The molecule has 1 aromatic rings. The number of nitrogens with zero attached hydrogens (tertiary/aromatic N) is 1. The molecule has 0 aromatic carbocycles. The van der Waals surface area contributed by atoms with Gasteiger partial charge in [0.15, 0.2) is 14.9 Å². The Hall–Kier alpha value is -1.47. The van der Waals surface area contributed by atoms with Crippen molar-refractivity contribution in [1.82, 2.24) is 10.3 Å². The Labute approximate surface area is 100 Å². The first-order chi connectivity index (χ1) is 7.84. The molecule has 0 radical (unpaired) electrons. The van der Waals surface area contributed by atoms with Crippen molar-refractivity contribution < 1.29 is 13.2 Å². The van der Waals surface area contributed by atoms with E-state index >= 15 is 0 Å². The fourth-order valence-corrected chi connectivity index (χ4v) is 1.61. The normalized spacial score (nSPS) is 13.1. The van der Waals surface area contributed by atoms with Crippen LogP contribution in [0.25, 0.3) is 0 Å². The van der Waals surface area contributed by atoms with Crippen LogP contribution in [-0.4, -0.2) is 38.7 Å². The van der Waals surface area contributed by atoms with E-state index in [0.29, 0.717) is 5.69 Å². The molecule has 2 N–H and O–H groups in total. The lowest BCUT2D eigenvalue weighted by molar-refractivity contribution is -0.117. The van der Waals surface area contributed by atoms with Gasteiger partial charge in [-0.2, -0.15) is 0 Å². The molecule has 0 aliphatic carbocycles. The number of anilines is 1. The molecule has 0 spiro atoms. The van der Waals surface area contributed by atoms with Crippen LogP contribution in [0.1, 0.15) is 6.92 Å². The highest BCUT2D eigenvalue weighted by Crippen LogP contribution is 2.10. The van der Waals surface area contributed by atoms with E-state index < -0.39 is 9.84 Å². The van der Waals surface area contributed by atoms with Gasteiger partial charge in [-0.3, -0.25) is 4.79 Å². The average Bonchev–Trinajstić information content (AvgIpc) is 2.27. The summed E-state index contributed by atoms with van der Waals surface area (Å²) >= 11 is 0. The molecular weight excluding hydrogens is 242 g/mol. The predicted octanol–water partition coefficient (Wildman–Crippen LogP) is 0.0315. The molecule has 0 aliphatic heterocycles. The number of pyridine rings is 1. The number of hydrogen-bond acceptors (Lipinski definition) is 5. The topological polar surface area (TPSA) is 88.2 Å². The molecule has 1 amide bonds. The Kier molecular flexibility index (Phi) is 4.19. The first-order valence-corrected chi connectivity index (χ1v) is 6.88. The maximum atomic E-state index is 11.5. The second-order valence-corrected chi connectivity index (χ2v) is 5.62. The third-order valence-electron chi connectivity index (χ3n) is 2.21. The highest BCUT2D eigenvalue weighted by Gasteiger charge is 2.12. The van der Waals surface area contributed by atoms with Crippen LogP contribution in [0, 0.1) is 0 Å². The smallest absolute Gasteiger partial charge is 0.241 e. The molecular formula is C10H15N3O3S. The third kappa shape index (κ3) is 3.79. The molecule has 0 saturated heterocycles. The summed E-state index contributed by atoms with van der Waals surface area (Å²) in [5, 5.41) is 5.39. The SMILES string of the molecule is CNC(C)C(=O)Nc1ccc(S(C)(=O)=O)nc1. The Bertz CT molecular complexity index is 496. The van der Waals surface area contributed by atoms with Crippen LogP contribution < -0.4 is 10.6 Å². The van der Waals surface area contributed by atoms with Crippen LogP contribution in [0.4, 0.5) is 5.69 Å². The molecule has 0 bridgehead atoms. The van der Waals surface area contributed by atoms with Gasteiger partial charge in [-0.15, -0.1) is 0 Å². The van der Waals surface area contributed by atoms with Crippen molar-refractivity contribution in [2.75, 3.05) is 18.6 Å². The van der Waals surface area contributed by atoms with Gasteiger partial charge in [0.1, 0.15) is 0 Å². The van der Waals surface area contributed by atoms with Gasteiger partial charge in [-0.25, -0.2) is 13.4 Å². The minimum absolute atomic E-state index is 0.0165. The number of hydrogen-bond donors (Lipinski definition) is 2. The molecule has 1 rings (SSSR count). The van der Waals surface area contributed by atoms with Gasteiger partial charge >= 0.3 is 0 Å². The Morgan fingerprint density at radius 1 is 1.41 bits per heavy atom. The molecule has 7 heteroatoms. The molecule has 6 nitrogen and oxygen atoms in total. The highest BCUT2D eigenvalue weighted by atomic mass is 32.2. The van der Waals surface area contributed by atoms with Crippen molar-refractivity contribution in [3.05, 3.63) is 18.3 Å². The fraction of sp³-hybridized carbons (Fsp3) is 0.400. The predicted molar refractivity (Wildman–Crippen MR) is 64.5 cm³/mol. The van der Waals surface area contributed by atoms with Gasteiger partial charge in [0.05, 0.1) is 17.9 Å². The lowest BCUT2D eigenvalue weighted by atomic mass is 10.3. The second kappa shape index (κ2) is 5.24. The molecule has 0 aliphatic rings. The number of nitrogens with one attached hydrogen (secondary N) is 2. The number of rotatable bonds is 4. The van der Waals surface area contributed by atoms with Gasteiger partial charge in [-0.05, 0) is 26.1 Å². The molecule has 1 unspecified atom stereocenters. The summed E-state index contributed by atoms with van der Waals surface area (Å²) in [6, 6.07) is 2.53. The summed E-state index contributed by atoms with van der Waals surface area (Å²) in [6.45, 7) is 1.72. The highest BCUT2D eigenvalue weighted by molar-refractivity contribution is 7.90. The van der Waals surface area contributed by atoms with E-state index in [1.165, 1.54) is 18.3 Å². The van der Waals surface area contributed by atoms with Crippen LogP contribution >= 0.6 is 0 Å². The van der Waals surface area contributed by atoms with Crippen LogP contribution in [-0.2, 0) is 14.6 Å². The Morgan fingerprint density at radius 2 is 2.06 bits per heavy atom. The van der Waals surface area contributed by atoms with E-state index in [2.05, 4.69) is 15.6 Å². The van der Waals surface area contributed by atoms with Crippen LogP contribution in [0.15, 0.2) is 23.4 Å². The minimum Gasteiger partial charge on any atom is -0.323 e. The van der Waals surface area contributed by atoms with Crippen molar-refractivity contribution in [2.24, 2.45) is 0 Å². The lowest BCUT2D eigenvalue weighted by Gasteiger charge is -2.10. The van der Waals surface area contributed by atoms with E-state index in [4.69, 9.17) is 0 Å². The first-order valence-electron chi connectivity index (χ1n) is 4.99. The number of likely N-dealkylation sites (N-methyl/N-ethyl adjacent to an activating group) is 1. The monoisotopic (exact) mass is 257 g/mol. The van der Waals surface area contributed by atoms with E-state index in [-0.39, 0.29) is 17.0 Å². The first kappa shape index (κ1) is 13.6. The molecule has 0 fully saturated rings. The zero-order chi connectivity index (χ0) is 13.1.